The first-order chi connectivity index (χ1) is 7.50. The predicted octanol–water partition coefficient (Wildman–Crippen LogP) is 0.355. The number of esters is 1. The Balaban J connectivity index is 2.57. The summed E-state index contributed by atoms with van der Waals surface area (Å²) in [6, 6.07) is 1.84. The molecule has 1 aliphatic carbocycles. The van der Waals surface area contributed by atoms with Crippen LogP contribution in [0, 0.1) is 17.2 Å². The summed E-state index contributed by atoms with van der Waals surface area (Å²) in [5, 5.41) is 28.2. The van der Waals surface area contributed by atoms with Gasteiger partial charge in [0.25, 0.3) is 0 Å². The third-order valence-electron chi connectivity index (χ3n) is 2.87. The number of rotatable bonds is 4. The van der Waals surface area contributed by atoms with Crippen LogP contribution in [0.15, 0.2) is 0 Å². The number of carbonyl (C=O) groups is 1. The van der Waals surface area contributed by atoms with Gasteiger partial charge in [-0.25, -0.2) is 0 Å². The third kappa shape index (κ3) is 3.19. The Morgan fingerprint density at radius 1 is 1.75 bits per heavy atom. The molecule has 0 amide bonds. The van der Waals surface area contributed by atoms with E-state index in [0.717, 1.165) is 0 Å². The van der Waals surface area contributed by atoms with Crippen molar-refractivity contribution < 1.29 is 19.7 Å². The summed E-state index contributed by atoms with van der Waals surface area (Å²) >= 11 is 0. The van der Waals surface area contributed by atoms with Gasteiger partial charge in [-0.05, 0) is 19.8 Å². The SMILES string of the molecule is CCOC(=O)C(C#N)CC1(O)CCC(O)C1. The van der Waals surface area contributed by atoms with Crippen molar-refractivity contribution in [3.8, 4) is 6.07 Å². The van der Waals surface area contributed by atoms with Gasteiger partial charge in [0.05, 0.1) is 24.4 Å². The summed E-state index contributed by atoms with van der Waals surface area (Å²) in [6.07, 6.45) is 0.666. The van der Waals surface area contributed by atoms with Crippen molar-refractivity contribution in [2.75, 3.05) is 6.61 Å². The van der Waals surface area contributed by atoms with Crippen molar-refractivity contribution in [3.05, 3.63) is 0 Å². The molecule has 5 nitrogen and oxygen atoms in total. The molecule has 0 aromatic carbocycles. The van der Waals surface area contributed by atoms with Gasteiger partial charge in [0.1, 0.15) is 5.92 Å². The number of aliphatic hydroxyl groups is 2. The molecule has 0 aliphatic heterocycles. The number of hydrogen-bond acceptors (Lipinski definition) is 5. The molecule has 90 valence electrons. The van der Waals surface area contributed by atoms with Gasteiger partial charge in [-0.15, -0.1) is 0 Å². The lowest BCUT2D eigenvalue weighted by molar-refractivity contribution is -0.148. The molecule has 16 heavy (non-hydrogen) atoms. The third-order valence-corrected chi connectivity index (χ3v) is 2.87. The maximum atomic E-state index is 11.4. The van der Waals surface area contributed by atoms with Crippen molar-refractivity contribution in [1.29, 1.82) is 5.26 Å². The summed E-state index contributed by atoms with van der Waals surface area (Å²) in [6.45, 7) is 1.89. The lowest BCUT2D eigenvalue weighted by Crippen LogP contribution is -2.32. The lowest BCUT2D eigenvalue weighted by atomic mass is 9.89. The van der Waals surface area contributed by atoms with Crippen LogP contribution in [0.5, 0.6) is 0 Å². The van der Waals surface area contributed by atoms with E-state index in [1.165, 1.54) is 0 Å². The van der Waals surface area contributed by atoms with Crippen molar-refractivity contribution >= 4 is 5.97 Å². The maximum Gasteiger partial charge on any atom is 0.323 e. The molecule has 0 radical (unpaired) electrons. The Morgan fingerprint density at radius 2 is 2.44 bits per heavy atom. The van der Waals surface area contributed by atoms with Gasteiger partial charge in [-0.3, -0.25) is 4.79 Å². The molecule has 0 spiro atoms. The van der Waals surface area contributed by atoms with Crippen LogP contribution in [0.25, 0.3) is 0 Å². The minimum Gasteiger partial charge on any atom is -0.465 e. The minimum atomic E-state index is -1.10. The number of carbonyl (C=O) groups excluding carboxylic acids is 1. The Morgan fingerprint density at radius 3 is 2.88 bits per heavy atom. The molecule has 5 heteroatoms. The van der Waals surface area contributed by atoms with Crippen LogP contribution < -0.4 is 0 Å². The standard InChI is InChI=1S/C11H17NO4/c1-2-16-10(14)8(7-12)5-11(15)4-3-9(13)6-11/h8-9,13,15H,2-6H2,1H3. The van der Waals surface area contributed by atoms with Crippen LogP contribution in [0.3, 0.4) is 0 Å². The molecule has 0 saturated heterocycles. The Hall–Kier alpha value is -1.12. The fraction of sp³-hybridized carbons (Fsp3) is 0.818. The van der Waals surface area contributed by atoms with E-state index in [1.807, 2.05) is 6.07 Å². The number of nitriles is 1. The molecular formula is C11H17NO4. The largest absolute Gasteiger partial charge is 0.465 e. The normalized spacial score (nSPS) is 30.8. The molecule has 0 aromatic rings. The molecule has 3 atom stereocenters. The van der Waals surface area contributed by atoms with E-state index in [4.69, 9.17) is 10.00 Å². The molecule has 0 bridgehead atoms. The van der Waals surface area contributed by atoms with E-state index in [2.05, 4.69) is 0 Å². The number of aliphatic hydroxyl groups excluding tert-OH is 1. The zero-order valence-corrected chi connectivity index (χ0v) is 9.35. The van der Waals surface area contributed by atoms with E-state index < -0.39 is 23.6 Å². The van der Waals surface area contributed by atoms with Crippen molar-refractivity contribution in [2.45, 2.75) is 44.3 Å². The molecule has 1 aliphatic rings. The van der Waals surface area contributed by atoms with Gasteiger partial charge in [-0.2, -0.15) is 5.26 Å². The molecule has 1 fully saturated rings. The van der Waals surface area contributed by atoms with E-state index in [9.17, 15) is 15.0 Å². The predicted molar refractivity (Wildman–Crippen MR) is 55.2 cm³/mol. The molecule has 0 heterocycles. The molecule has 0 aromatic heterocycles. The van der Waals surface area contributed by atoms with Gasteiger partial charge in [0.15, 0.2) is 0 Å². The van der Waals surface area contributed by atoms with Crippen LogP contribution in [-0.4, -0.2) is 34.5 Å². The monoisotopic (exact) mass is 227 g/mol. The van der Waals surface area contributed by atoms with Crippen LogP contribution >= 0.6 is 0 Å². The zero-order valence-electron chi connectivity index (χ0n) is 9.35. The second-order valence-corrected chi connectivity index (χ2v) is 4.26. The lowest BCUT2D eigenvalue weighted by Gasteiger charge is -2.23. The number of nitrogens with zero attached hydrogens (tertiary/aromatic N) is 1. The van der Waals surface area contributed by atoms with E-state index in [0.29, 0.717) is 12.8 Å². The van der Waals surface area contributed by atoms with Crippen LogP contribution in [-0.2, 0) is 9.53 Å². The maximum absolute atomic E-state index is 11.4. The topological polar surface area (TPSA) is 90.6 Å². The first-order valence-corrected chi connectivity index (χ1v) is 5.47. The van der Waals surface area contributed by atoms with Gasteiger partial charge in [0, 0.05) is 12.8 Å². The molecule has 1 rings (SSSR count). The second-order valence-electron chi connectivity index (χ2n) is 4.26. The fourth-order valence-corrected chi connectivity index (χ4v) is 2.07. The minimum absolute atomic E-state index is 0.0411. The molecular weight excluding hydrogens is 210 g/mol. The summed E-state index contributed by atoms with van der Waals surface area (Å²) in [4.78, 5) is 11.4. The Labute approximate surface area is 94.6 Å². The zero-order chi connectivity index (χ0) is 12.2. The van der Waals surface area contributed by atoms with Crippen molar-refractivity contribution in [3.63, 3.8) is 0 Å². The number of ether oxygens (including phenoxy) is 1. The molecule has 1 saturated carbocycles. The van der Waals surface area contributed by atoms with E-state index in [-0.39, 0.29) is 19.4 Å². The average Bonchev–Trinajstić information content (AvgIpc) is 2.56. The quantitative estimate of drug-likeness (QED) is 0.676. The highest BCUT2D eigenvalue weighted by Gasteiger charge is 2.40. The van der Waals surface area contributed by atoms with Gasteiger partial charge in [0.2, 0.25) is 0 Å². The van der Waals surface area contributed by atoms with Crippen molar-refractivity contribution in [1.82, 2.24) is 0 Å². The molecule has 3 unspecified atom stereocenters. The highest BCUT2D eigenvalue weighted by Crippen LogP contribution is 2.35. The van der Waals surface area contributed by atoms with E-state index in [1.54, 1.807) is 6.92 Å². The summed E-state index contributed by atoms with van der Waals surface area (Å²) in [5.41, 5.74) is -1.10. The van der Waals surface area contributed by atoms with Crippen LogP contribution in [0.4, 0.5) is 0 Å². The number of hydrogen-bond donors (Lipinski definition) is 2. The highest BCUT2D eigenvalue weighted by molar-refractivity contribution is 5.75. The summed E-state index contributed by atoms with van der Waals surface area (Å²) in [7, 11) is 0. The van der Waals surface area contributed by atoms with Crippen LogP contribution in [0.1, 0.15) is 32.6 Å². The smallest absolute Gasteiger partial charge is 0.323 e. The van der Waals surface area contributed by atoms with Crippen LogP contribution in [0.2, 0.25) is 0 Å². The van der Waals surface area contributed by atoms with Gasteiger partial charge in [-0.1, -0.05) is 0 Å². The van der Waals surface area contributed by atoms with Gasteiger partial charge < -0.3 is 14.9 Å². The summed E-state index contributed by atoms with van der Waals surface area (Å²) in [5.74, 6) is -1.55. The Bertz CT molecular complexity index is 299. The van der Waals surface area contributed by atoms with E-state index >= 15 is 0 Å². The Kier molecular flexibility index (Phi) is 4.27. The first kappa shape index (κ1) is 12.9. The average molecular weight is 227 g/mol. The highest BCUT2D eigenvalue weighted by atomic mass is 16.5. The van der Waals surface area contributed by atoms with Crippen molar-refractivity contribution in [2.24, 2.45) is 5.92 Å². The first-order valence-electron chi connectivity index (χ1n) is 5.47. The fourth-order valence-electron chi connectivity index (χ4n) is 2.07. The summed E-state index contributed by atoms with van der Waals surface area (Å²) < 4.78 is 4.74. The molecule has 2 N–H and O–H groups in total. The second kappa shape index (κ2) is 5.28. The van der Waals surface area contributed by atoms with Gasteiger partial charge >= 0.3 is 5.97 Å².